The number of hydrogen-bond acceptors (Lipinski definition) is 7. The van der Waals surface area contributed by atoms with Gasteiger partial charge in [-0.2, -0.15) is 8.78 Å². The number of nitrogens with one attached hydrogen (secondary N) is 1. The minimum Gasteiger partial charge on any atom is -0.435 e. The SMILES string of the molecule is O=C(CSc1nnc(-c2ccc(OC(F)F)cc2)o1)NCC1CCN(c2ccccc2)C1. The van der Waals surface area contributed by atoms with Crippen molar-refractivity contribution in [3.8, 4) is 17.2 Å². The molecular formula is C22H22F2N4O3S. The molecule has 32 heavy (non-hydrogen) atoms. The minimum absolute atomic E-state index is 0.0451. The molecule has 1 atom stereocenters. The Labute approximate surface area is 188 Å². The maximum Gasteiger partial charge on any atom is 0.387 e. The Kier molecular flexibility index (Phi) is 7.21. The zero-order chi connectivity index (χ0) is 22.3. The summed E-state index contributed by atoms with van der Waals surface area (Å²) in [6.45, 7) is -0.342. The molecule has 7 nitrogen and oxygen atoms in total. The number of para-hydroxylation sites is 1. The first-order valence-corrected chi connectivity index (χ1v) is 11.1. The maximum absolute atomic E-state index is 12.2. The summed E-state index contributed by atoms with van der Waals surface area (Å²) in [6.07, 6.45) is 1.04. The van der Waals surface area contributed by atoms with Crippen LogP contribution in [-0.4, -0.2) is 48.1 Å². The van der Waals surface area contributed by atoms with Crippen LogP contribution in [0.25, 0.3) is 11.5 Å². The van der Waals surface area contributed by atoms with E-state index < -0.39 is 6.61 Å². The fourth-order valence-electron chi connectivity index (χ4n) is 3.47. The van der Waals surface area contributed by atoms with Crippen molar-refractivity contribution in [2.75, 3.05) is 30.3 Å². The molecule has 4 rings (SSSR count). The van der Waals surface area contributed by atoms with Gasteiger partial charge in [-0.15, -0.1) is 10.2 Å². The number of hydrogen-bond donors (Lipinski definition) is 1. The number of nitrogens with zero attached hydrogens (tertiary/aromatic N) is 3. The van der Waals surface area contributed by atoms with E-state index in [9.17, 15) is 13.6 Å². The van der Waals surface area contributed by atoms with Crippen molar-refractivity contribution in [1.29, 1.82) is 0 Å². The summed E-state index contributed by atoms with van der Waals surface area (Å²) in [5.74, 6) is 0.766. The van der Waals surface area contributed by atoms with Crippen LogP contribution in [0.15, 0.2) is 64.2 Å². The molecule has 0 radical (unpaired) electrons. The van der Waals surface area contributed by atoms with Crippen molar-refractivity contribution >= 4 is 23.4 Å². The van der Waals surface area contributed by atoms with Crippen molar-refractivity contribution in [3.05, 3.63) is 54.6 Å². The third-order valence-electron chi connectivity index (χ3n) is 5.05. The highest BCUT2D eigenvalue weighted by Gasteiger charge is 2.23. The highest BCUT2D eigenvalue weighted by Crippen LogP contribution is 2.26. The Hall–Kier alpha value is -3.14. The first-order valence-electron chi connectivity index (χ1n) is 10.1. The molecule has 1 aliphatic rings. The van der Waals surface area contributed by atoms with Gasteiger partial charge in [0.25, 0.3) is 5.22 Å². The van der Waals surface area contributed by atoms with Gasteiger partial charge in [-0.1, -0.05) is 30.0 Å². The molecule has 1 fully saturated rings. The molecule has 1 saturated heterocycles. The summed E-state index contributed by atoms with van der Waals surface area (Å²) >= 11 is 1.15. The summed E-state index contributed by atoms with van der Waals surface area (Å²) in [5, 5.41) is 11.1. The van der Waals surface area contributed by atoms with E-state index in [1.165, 1.54) is 17.8 Å². The summed E-state index contributed by atoms with van der Waals surface area (Å²) in [7, 11) is 0. The zero-order valence-corrected chi connectivity index (χ0v) is 17.9. The Morgan fingerprint density at radius 2 is 1.97 bits per heavy atom. The number of amides is 1. The molecule has 0 spiro atoms. The standard InChI is InChI=1S/C22H22F2N4O3S/c23-21(24)30-18-8-6-16(7-9-18)20-26-27-22(31-20)32-14-19(29)25-12-15-10-11-28(13-15)17-4-2-1-3-5-17/h1-9,15,21H,10-14H2,(H,25,29). The molecule has 0 saturated carbocycles. The van der Waals surface area contributed by atoms with E-state index >= 15 is 0 Å². The highest BCUT2D eigenvalue weighted by molar-refractivity contribution is 7.99. The molecule has 1 N–H and O–H groups in total. The Morgan fingerprint density at radius 1 is 1.19 bits per heavy atom. The quantitative estimate of drug-likeness (QED) is 0.482. The van der Waals surface area contributed by atoms with Gasteiger partial charge in [0, 0.05) is 30.9 Å². The smallest absolute Gasteiger partial charge is 0.387 e. The molecule has 2 aromatic carbocycles. The van der Waals surface area contributed by atoms with Crippen molar-refractivity contribution in [1.82, 2.24) is 15.5 Å². The number of carbonyl (C=O) groups is 1. The van der Waals surface area contributed by atoms with Gasteiger partial charge in [-0.3, -0.25) is 4.79 Å². The normalized spacial score (nSPS) is 15.8. The summed E-state index contributed by atoms with van der Waals surface area (Å²) in [4.78, 5) is 14.5. The largest absolute Gasteiger partial charge is 0.435 e. The summed E-state index contributed by atoms with van der Waals surface area (Å²) in [5.41, 5.74) is 1.78. The van der Waals surface area contributed by atoms with Gasteiger partial charge in [0.2, 0.25) is 11.8 Å². The van der Waals surface area contributed by atoms with Crippen LogP contribution in [-0.2, 0) is 4.79 Å². The third kappa shape index (κ3) is 5.97. The fraction of sp³-hybridized carbons (Fsp3) is 0.318. The van der Waals surface area contributed by atoms with E-state index in [1.54, 1.807) is 12.1 Å². The van der Waals surface area contributed by atoms with E-state index in [4.69, 9.17) is 4.42 Å². The number of halogens is 2. The van der Waals surface area contributed by atoms with Gasteiger partial charge in [0.05, 0.1) is 5.75 Å². The molecule has 2 heterocycles. The van der Waals surface area contributed by atoms with E-state index in [0.717, 1.165) is 31.3 Å². The number of rotatable bonds is 9. The number of benzene rings is 2. The second-order valence-electron chi connectivity index (χ2n) is 7.31. The van der Waals surface area contributed by atoms with E-state index in [0.29, 0.717) is 18.0 Å². The number of aromatic nitrogens is 2. The summed E-state index contributed by atoms with van der Waals surface area (Å²) < 4.78 is 34.3. The van der Waals surface area contributed by atoms with Crippen molar-refractivity contribution in [2.24, 2.45) is 5.92 Å². The average molecular weight is 461 g/mol. The first-order chi connectivity index (χ1) is 15.6. The predicted molar refractivity (Wildman–Crippen MR) is 117 cm³/mol. The van der Waals surface area contributed by atoms with Gasteiger partial charge in [-0.25, -0.2) is 0 Å². The number of alkyl halides is 2. The number of anilines is 1. The topological polar surface area (TPSA) is 80.5 Å². The van der Waals surface area contributed by atoms with Gasteiger partial charge >= 0.3 is 6.61 Å². The van der Waals surface area contributed by atoms with Crippen LogP contribution in [0.5, 0.6) is 5.75 Å². The Morgan fingerprint density at radius 3 is 2.72 bits per heavy atom. The molecule has 0 aliphatic carbocycles. The predicted octanol–water partition coefficient (Wildman–Crippen LogP) is 4.07. The van der Waals surface area contributed by atoms with Gasteiger partial charge in [0.15, 0.2) is 0 Å². The van der Waals surface area contributed by atoms with Crippen molar-refractivity contribution in [3.63, 3.8) is 0 Å². The van der Waals surface area contributed by atoms with Gasteiger partial charge < -0.3 is 19.4 Å². The van der Waals surface area contributed by atoms with Gasteiger partial charge in [0.1, 0.15) is 5.75 Å². The molecule has 3 aromatic rings. The van der Waals surface area contributed by atoms with Gasteiger partial charge in [-0.05, 0) is 48.7 Å². The molecule has 168 valence electrons. The first kappa shape index (κ1) is 22.1. The van der Waals surface area contributed by atoms with Crippen LogP contribution in [0.2, 0.25) is 0 Å². The molecular weight excluding hydrogens is 438 g/mol. The molecule has 1 amide bonds. The van der Waals surface area contributed by atoms with E-state index in [1.807, 2.05) is 18.2 Å². The second kappa shape index (κ2) is 10.4. The molecule has 1 aliphatic heterocycles. The average Bonchev–Trinajstić information content (AvgIpc) is 3.47. The minimum atomic E-state index is -2.88. The summed E-state index contributed by atoms with van der Waals surface area (Å²) in [6, 6.07) is 16.1. The van der Waals surface area contributed by atoms with Crippen LogP contribution >= 0.6 is 11.8 Å². The van der Waals surface area contributed by atoms with Crippen molar-refractivity contribution in [2.45, 2.75) is 18.3 Å². The lowest BCUT2D eigenvalue weighted by Gasteiger charge is -2.18. The second-order valence-corrected chi connectivity index (χ2v) is 8.23. The molecule has 1 aromatic heterocycles. The highest BCUT2D eigenvalue weighted by atomic mass is 32.2. The number of thioether (sulfide) groups is 1. The third-order valence-corrected chi connectivity index (χ3v) is 5.87. The van der Waals surface area contributed by atoms with Crippen LogP contribution < -0.4 is 15.0 Å². The molecule has 1 unspecified atom stereocenters. The van der Waals surface area contributed by atoms with Crippen molar-refractivity contribution < 1.29 is 22.7 Å². The molecule has 10 heteroatoms. The number of ether oxygens (including phenoxy) is 1. The maximum atomic E-state index is 12.2. The van der Waals surface area contributed by atoms with E-state index in [-0.39, 0.29) is 28.5 Å². The lowest BCUT2D eigenvalue weighted by Crippen LogP contribution is -2.32. The van der Waals surface area contributed by atoms with Crippen LogP contribution in [0, 0.1) is 5.92 Å². The van der Waals surface area contributed by atoms with Crippen LogP contribution in [0.3, 0.4) is 0 Å². The monoisotopic (exact) mass is 460 g/mol. The number of carbonyl (C=O) groups excluding carboxylic acids is 1. The Bertz CT molecular complexity index is 1020. The van der Waals surface area contributed by atoms with E-state index in [2.05, 4.69) is 37.3 Å². The van der Waals surface area contributed by atoms with Crippen LogP contribution in [0.1, 0.15) is 6.42 Å². The lowest BCUT2D eigenvalue weighted by molar-refractivity contribution is -0.118. The fourth-order valence-corrected chi connectivity index (χ4v) is 4.07. The Balaban J connectivity index is 1.20. The lowest BCUT2D eigenvalue weighted by atomic mass is 10.1. The van der Waals surface area contributed by atoms with Crippen LogP contribution in [0.4, 0.5) is 14.5 Å². The molecule has 0 bridgehead atoms. The zero-order valence-electron chi connectivity index (χ0n) is 17.1.